The third-order valence-corrected chi connectivity index (χ3v) is 4.84. The molecule has 2 heterocycles. The van der Waals surface area contributed by atoms with Crippen LogP contribution in [0.5, 0.6) is 0 Å². The number of hydrogen-bond acceptors (Lipinski definition) is 4. The zero-order valence-electron chi connectivity index (χ0n) is 14.6. The number of piperazine rings is 1. The molecule has 0 aliphatic carbocycles. The van der Waals surface area contributed by atoms with Gasteiger partial charge in [-0.15, -0.1) is 0 Å². The summed E-state index contributed by atoms with van der Waals surface area (Å²) in [6.07, 6.45) is 4.31. The van der Waals surface area contributed by atoms with Crippen LogP contribution in [0.3, 0.4) is 0 Å². The first-order valence-electron chi connectivity index (χ1n) is 9.13. The number of nitrogens with zero attached hydrogens (tertiary/aromatic N) is 3. The van der Waals surface area contributed by atoms with E-state index in [-0.39, 0.29) is 11.8 Å². The molecule has 2 amide bonds. The van der Waals surface area contributed by atoms with E-state index in [1.165, 1.54) is 18.4 Å². The Bertz CT molecular complexity index is 622. The molecule has 0 unspecified atom stereocenters. The summed E-state index contributed by atoms with van der Waals surface area (Å²) in [4.78, 5) is 27.8. The summed E-state index contributed by atoms with van der Waals surface area (Å²) in [6, 6.07) is 10.6. The molecule has 0 saturated carbocycles. The van der Waals surface area contributed by atoms with Gasteiger partial charge >= 0.3 is 0 Å². The number of carbonyl (C=O) groups excluding carboxylic acids is 2. The molecule has 134 valence electrons. The molecule has 25 heavy (non-hydrogen) atoms. The predicted molar refractivity (Wildman–Crippen MR) is 97.2 cm³/mol. The van der Waals surface area contributed by atoms with Gasteiger partial charge in [-0.1, -0.05) is 30.3 Å². The Hall–Kier alpha value is -2.21. The summed E-state index contributed by atoms with van der Waals surface area (Å²) >= 11 is 0. The lowest BCUT2D eigenvalue weighted by molar-refractivity contribution is -0.126. The molecular formula is C19H26N4O2. The summed E-state index contributed by atoms with van der Waals surface area (Å²) in [5.41, 5.74) is 4.28. The lowest BCUT2D eigenvalue weighted by Crippen LogP contribution is -2.51. The van der Waals surface area contributed by atoms with E-state index in [2.05, 4.69) is 45.8 Å². The molecule has 2 aliphatic heterocycles. The molecule has 0 spiro atoms. The maximum Gasteiger partial charge on any atom is 0.270 e. The number of nitrogens with one attached hydrogen (secondary N) is 1. The van der Waals surface area contributed by atoms with Crippen molar-refractivity contribution in [3.63, 3.8) is 0 Å². The van der Waals surface area contributed by atoms with Gasteiger partial charge in [-0.3, -0.25) is 14.5 Å². The first-order valence-corrected chi connectivity index (χ1v) is 9.13. The maximum absolute atomic E-state index is 12.4. The molecule has 0 atom stereocenters. The van der Waals surface area contributed by atoms with Crippen LogP contribution in [0.15, 0.2) is 35.4 Å². The Morgan fingerprint density at radius 1 is 1.04 bits per heavy atom. The molecule has 6 nitrogen and oxygen atoms in total. The van der Waals surface area contributed by atoms with Gasteiger partial charge in [0.25, 0.3) is 5.91 Å². The molecule has 1 aromatic rings. The second-order valence-corrected chi connectivity index (χ2v) is 6.67. The van der Waals surface area contributed by atoms with Crippen molar-refractivity contribution < 1.29 is 9.59 Å². The van der Waals surface area contributed by atoms with Crippen molar-refractivity contribution in [2.45, 2.75) is 32.1 Å². The van der Waals surface area contributed by atoms with Gasteiger partial charge < -0.3 is 4.90 Å². The zero-order valence-corrected chi connectivity index (χ0v) is 14.6. The van der Waals surface area contributed by atoms with Gasteiger partial charge in [0.2, 0.25) is 5.91 Å². The minimum atomic E-state index is -0.114. The minimum Gasteiger partial charge on any atom is -0.335 e. The van der Waals surface area contributed by atoms with Crippen LogP contribution < -0.4 is 5.43 Å². The summed E-state index contributed by atoms with van der Waals surface area (Å²) < 4.78 is 0. The number of benzene rings is 1. The normalized spacial score (nSPS) is 18.6. The maximum atomic E-state index is 12.4. The molecule has 1 saturated heterocycles. The van der Waals surface area contributed by atoms with Crippen LogP contribution in [0.4, 0.5) is 0 Å². The van der Waals surface area contributed by atoms with Gasteiger partial charge in [0.1, 0.15) is 5.71 Å². The zero-order chi connectivity index (χ0) is 17.5. The third kappa shape index (κ3) is 5.13. The molecule has 0 bridgehead atoms. The van der Waals surface area contributed by atoms with Crippen LogP contribution in [0.1, 0.15) is 31.2 Å². The van der Waals surface area contributed by atoms with Crippen LogP contribution in [-0.4, -0.2) is 60.0 Å². The summed E-state index contributed by atoms with van der Waals surface area (Å²) in [6.45, 7) is 4.40. The Labute approximate surface area is 148 Å². The summed E-state index contributed by atoms with van der Waals surface area (Å²) in [5.74, 6) is -0.138. The van der Waals surface area contributed by atoms with Crippen molar-refractivity contribution in [1.82, 2.24) is 15.2 Å². The number of hydrazone groups is 1. The first kappa shape index (κ1) is 17.6. The SMILES string of the molecule is O=C1CCC(C(=O)N2CCN(CCCCc3ccccc3)CC2)=NN1. The number of rotatable bonds is 6. The van der Waals surface area contributed by atoms with E-state index in [0.717, 1.165) is 39.1 Å². The van der Waals surface area contributed by atoms with Crippen LogP contribution in [-0.2, 0) is 16.0 Å². The lowest BCUT2D eigenvalue weighted by atomic mass is 10.1. The van der Waals surface area contributed by atoms with Crippen LogP contribution in [0, 0.1) is 0 Å². The highest BCUT2D eigenvalue weighted by Crippen LogP contribution is 2.10. The minimum absolute atomic E-state index is 0.0243. The standard InChI is InChI=1S/C19H26N4O2/c24-18-10-9-17(20-21-18)19(25)23-14-12-22(13-15-23)11-5-4-8-16-6-2-1-3-7-16/h1-3,6-7H,4-5,8-15H2,(H,21,24). The van der Waals surface area contributed by atoms with Crippen molar-refractivity contribution >= 4 is 17.5 Å². The molecule has 1 N–H and O–H groups in total. The third-order valence-electron chi connectivity index (χ3n) is 4.84. The van der Waals surface area contributed by atoms with E-state index in [0.29, 0.717) is 18.6 Å². The molecule has 6 heteroatoms. The Morgan fingerprint density at radius 2 is 1.80 bits per heavy atom. The first-order chi connectivity index (χ1) is 12.2. The average molecular weight is 342 g/mol. The van der Waals surface area contributed by atoms with E-state index < -0.39 is 0 Å². The average Bonchev–Trinajstić information content (AvgIpc) is 2.67. The summed E-state index contributed by atoms with van der Waals surface area (Å²) in [7, 11) is 0. The number of unbranched alkanes of at least 4 members (excludes halogenated alkanes) is 1. The summed E-state index contributed by atoms with van der Waals surface area (Å²) in [5, 5.41) is 3.91. The fourth-order valence-corrected chi connectivity index (χ4v) is 3.29. The number of hydrogen-bond donors (Lipinski definition) is 1. The van der Waals surface area contributed by atoms with Crippen molar-refractivity contribution in [1.29, 1.82) is 0 Å². The largest absolute Gasteiger partial charge is 0.335 e. The van der Waals surface area contributed by atoms with E-state index in [1.54, 1.807) is 0 Å². The van der Waals surface area contributed by atoms with E-state index in [4.69, 9.17) is 0 Å². The van der Waals surface area contributed by atoms with Crippen molar-refractivity contribution in [2.24, 2.45) is 5.10 Å². The fraction of sp³-hybridized carbons (Fsp3) is 0.526. The topological polar surface area (TPSA) is 65.0 Å². The van der Waals surface area contributed by atoms with Crippen molar-refractivity contribution in [3.05, 3.63) is 35.9 Å². The second kappa shape index (κ2) is 8.76. The Morgan fingerprint density at radius 3 is 2.48 bits per heavy atom. The van der Waals surface area contributed by atoms with Crippen molar-refractivity contribution in [3.8, 4) is 0 Å². The molecular weight excluding hydrogens is 316 g/mol. The highest BCUT2D eigenvalue weighted by Gasteiger charge is 2.26. The van der Waals surface area contributed by atoms with Gasteiger partial charge in [-0.2, -0.15) is 5.10 Å². The quantitative estimate of drug-likeness (QED) is 0.795. The highest BCUT2D eigenvalue weighted by atomic mass is 16.2. The number of aryl methyl sites for hydroxylation is 1. The van der Waals surface area contributed by atoms with Crippen molar-refractivity contribution in [2.75, 3.05) is 32.7 Å². The van der Waals surface area contributed by atoms with Gasteiger partial charge in [0.15, 0.2) is 0 Å². The van der Waals surface area contributed by atoms with E-state index in [1.807, 2.05) is 4.90 Å². The number of carbonyl (C=O) groups is 2. The molecule has 2 aliphatic rings. The van der Waals surface area contributed by atoms with Gasteiger partial charge in [-0.05, 0) is 31.4 Å². The van der Waals surface area contributed by atoms with Gasteiger partial charge in [0.05, 0.1) is 0 Å². The fourth-order valence-electron chi connectivity index (χ4n) is 3.29. The Balaban J connectivity index is 1.34. The van der Waals surface area contributed by atoms with E-state index in [9.17, 15) is 9.59 Å². The monoisotopic (exact) mass is 342 g/mol. The molecule has 3 rings (SSSR count). The second-order valence-electron chi connectivity index (χ2n) is 6.67. The Kier molecular flexibility index (Phi) is 6.17. The smallest absolute Gasteiger partial charge is 0.270 e. The predicted octanol–water partition coefficient (Wildman–Crippen LogP) is 1.42. The molecule has 1 fully saturated rings. The molecule has 1 aromatic carbocycles. The van der Waals surface area contributed by atoms with Crippen LogP contribution in [0.2, 0.25) is 0 Å². The number of amides is 2. The lowest BCUT2D eigenvalue weighted by Gasteiger charge is -2.35. The van der Waals surface area contributed by atoms with Crippen LogP contribution in [0.25, 0.3) is 0 Å². The van der Waals surface area contributed by atoms with Gasteiger partial charge in [-0.25, -0.2) is 5.43 Å². The highest BCUT2D eigenvalue weighted by molar-refractivity contribution is 6.39. The van der Waals surface area contributed by atoms with Gasteiger partial charge in [0, 0.05) is 39.0 Å². The van der Waals surface area contributed by atoms with E-state index >= 15 is 0 Å². The molecule has 0 radical (unpaired) electrons. The van der Waals surface area contributed by atoms with Crippen LogP contribution >= 0.6 is 0 Å². The molecule has 0 aromatic heterocycles.